The molecule has 0 radical (unpaired) electrons. The molecule has 0 saturated carbocycles. The number of hydrogen-bond acceptors (Lipinski definition) is 6. The zero-order valence-electron chi connectivity index (χ0n) is 10.9. The highest BCUT2D eigenvalue weighted by Crippen LogP contribution is 2.39. The Labute approximate surface area is 110 Å². The van der Waals surface area contributed by atoms with E-state index in [1.54, 1.807) is 43.4 Å². The Morgan fingerprint density at radius 3 is 2.42 bits per heavy atom. The minimum Gasteiger partial charge on any atom is -0.493 e. The van der Waals surface area contributed by atoms with Gasteiger partial charge in [0.15, 0.2) is 11.5 Å². The lowest BCUT2D eigenvalue weighted by atomic mass is 10.2. The van der Waals surface area contributed by atoms with Crippen LogP contribution in [0.15, 0.2) is 24.5 Å². The Morgan fingerprint density at radius 1 is 1.21 bits per heavy atom. The van der Waals surface area contributed by atoms with Crippen LogP contribution in [0.5, 0.6) is 17.2 Å². The van der Waals surface area contributed by atoms with Crippen molar-refractivity contribution in [1.29, 1.82) is 0 Å². The average molecular weight is 264 g/mol. The van der Waals surface area contributed by atoms with E-state index in [4.69, 9.17) is 19.9 Å². The van der Waals surface area contributed by atoms with E-state index in [1.165, 1.54) is 0 Å². The Kier molecular flexibility index (Phi) is 4.07. The van der Waals surface area contributed by atoms with E-state index in [-0.39, 0.29) is 0 Å². The van der Waals surface area contributed by atoms with Gasteiger partial charge in [-0.25, -0.2) is 4.68 Å². The third kappa shape index (κ3) is 3.06. The van der Waals surface area contributed by atoms with Crippen molar-refractivity contribution in [2.75, 3.05) is 26.6 Å². The molecule has 0 unspecified atom stereocenters. The first-order valence-corrected chi connectivity index (χ1v) is 5.73. The van der Waals surface area contributed by atoms with Gasteiger partial charge in [0, 0.05) is 24.0 Å². The third-order valence-corrected chi connectivity index (χ3v) is 2.52. The first-order valence-electron chi connectivity index (χ1n) is 5.73. The number of methoxy groups -OCH3 is 2. The first kappa shape index (κ1) is 13.0. The van der Waals surface area contributed by atoms with Gasteiger partial charge < -0.3 is 19.9 Å². The van der Waals surface area contributed by atoms with Crippen LogP contribution in [0.1, 0.15) is 0 Å². The largest absolute Gasteiger partial charge is 0.493 e. The molecule has 0 aliphatic heterocycles. The number of aromatic nitrogens is 3. The monoisotopic (exact) mass is 264 g/mol. The van der Waals surface area contributed by atoms with E-state index in [1.807, 2.05) is 0 Å². The molecule has 0 spiro atoms. The van der Waals surface area contributed by atoms with E-state index in [0.717, 1.165) is 0 Å². The molecule has 1 aromatic heterocycles. The molecular formula is C12H16N4O3. The van der Waals surface area contributed by atoms with Crippen molar-refractivity contribution in [2.24, 2.45) is 0 Å². The lowest BCUT2D eigenvalue weighted by Crippen LogP contribution is -2.10. The fourth-order valence-electron chi connectivity index (χ4n) is 1.64. The summed E-state index contributed by atoms with van der Waals surface area (Å²) in [7, 11) is 3.11. The molecule has 0 saturated heterocycles. The zero-order chi connectivity index (χ0) is 13.7. The molecule has 19 heavy (non-hydrogen) atoms. The summed E-state index contributed by atoms with van der Waals surface area (Å²) in [5, 5.41) is 7.57. The summed E-state index contributed by atoms with van der Waals surface area (Å²) < 4.78 is 17.8. The molecule has 2 N–H and O–H groups in total. The highest BCUT2D eigenvalue weighted by molar-refractivity contribution is 5.60. The summed E-state index contributed by atoms with van der Waals surface area (Å²) in [4.78, 5) is 0. The van der Waals surface area contributed by atoms with Gasteiger partial charge in [-0.05, 0) is 0 Å². The number of anilines is 1. The summed E-state index contributed by atoms with van der Waals surface area (Å²) in [6.07, 6.45) is 3.38. The van der Waals surface area contributed by atoms with Crippen molar-refractivity contribution in [3.05, 3.63) is 24.5 Å². The van der Waals surface area contributed by atoms with Crippen molar-refractivity contribution < 1.29 is 14.2 Å². The summed E-state index contributed by atoms with van der Waals surface area (Å²) in [5.74, 6) is 1.60. The number of nitrogens with two attached hydrogens (primary N) is 1. The molecular weight excluding hydrogens is 248 g/mol. The van der Waals surface area contributed by atoms with E-state index in [0.29, 0.717) is 36.1 Å². The SMILES string of the molecule is COc1cc(N)cc(OC)c1OCCn1ccnn1. The maximum absolute atomic E-state index is 5.75. The van der Waals surface area contributed by atoms with E-state index in [2.05, 4.69) is 10.3 Å². The maximum Gasteiger partial charge on any atom is 0.203 e. The van der Waals surface area contributed by atoms with Crippen LogP contribution < -0.4 is 19.9 Å². The smallest absolute Gasteiger partial charge is 0.203 e. The Morgan fingerprint density at radius 2 is 1.89 bits per heavy atom. The zero-order valence-corrected chi connectivity index (χ0v) is 10.9. The fraction of sp³-hybridized carbons (Fsp3) is 0.333. The van der Waals surface area contributed by atoms with Gasteiger partial charge in [0.25, 0.3) is 0 Å². The Bertz CT molecular complexity index is 503. The quantitative estimate of drug-likeness (QED) is 0.782. The summed E-state index contributed by atoms with van der Waals surface area (Å²) >= 11 is 0. The molecule has 0 bridgehead atoms. The maximum atomic E-state index is 5.75. The molecule has 7 nitrogen and oxygen atoms in total. The van der Waals surface area contributed by atoms with Crippen LogP contribution >= 0.6 is 0 Å². The molecule has 1 aromatic carbocycles. The average Bonchev–Trinajstić information content (AvgIpc) is 2.92. The molecule has 0 aliphatic rings. The number of rotatable bonds is 6. The van der Waals surface area contributed by atoms with E-state index in [9.17, 15) is 0 Å². The van der Waals surface area contributed by atoms with E-state index >= 15 is 0 Å². The predicted molar refractivity (Wildman–Crippen MR) is 69.5 cm³/mol. The Balaban J connectivity index is 2.09. The van der Waals surface area contributed by atoms with Gasteiger partial charge >= 0.3 is 0 Å². The molecule has 102 valence electrons. The highest BCUT2D eigenvalue weighted by Gasteiger charge is 2.13. The molecule has 1 heterocycles. The standard InChI is InChI=1S/C12H16N4O3/c1-17-10-7-9(13)8-11(18-2)12(10)19-6-5-16-4-3-14-15-16/h3-4,7-8H,5-6,13H2,1-2H3. The molecule has 2 aromatic rings. The van der Waals surface area contributed by atoms with Gasteiger partial charge in [0.05, 0.1) is 27.0 Å². The van der Waals surface area contributed by atoms with Crippen LogP contribution in [0.3, 0.4) is 0 Å². The normalized spacial score (nSPS) is 10.2. The third-order valence-electron chi connectivity index (χ3n) is 2.52. The van der Waals surface area contributed by atoms with Crippen LogP contribution in [0.4, 0.5) is 5.69 Å². The minimum absolute atomic E-state index is 0.417. The molecule has 0 fully saturated rings. The topological polar surface area (TPSA) is 84.4 Å². The number of hydrogen-bond donors (Lipinski definition) is 1. The molecule has 0 amide bonds. The predicted octanol–water partition coefficient (Wildman–Crippen LogP) is 0.956. The van der Waals surface area contributed by atoms with Crippen molar-refractivity contribution in [1.82, 2.24) is 15.0 Å². The first-order chi connectivity index (χ1) is 9.24. The number of benzene rings is 1. The fourth-order valence-corrected chi connectivity index (χ4v) is 1.64. The van der Waals surface area contributed by atoms with Crippen molar-refractivity contribution >= 4 is 5.69 Å². The summed E-state index contributed by atoms with van der Waals surface area (Å²) in [6, 6.07) is 3.38. The van der Waals surface area contributed by atoms with Crippen LogP contribution in [0.25, 0.3) is 0 Å². The second-order valence-electron chi connectivity index (χ2n) is 3.77. The highest BCUT2D eigenvalue weighted by atomic mass is 16.5. The minimum atomic E-state index is 0.417. The van der Waals surface area contributed by atoms with Gasteiger partial charge in [-0.2, -0.15) is 0 Å². The van der Waals surface area contributed by atoms with Crippen molar-refractivity contribution in [2.45, 2.75) is 6.54 Å². The molecule has 7 heteroatoms. The van der Waals surface area contributed by atoms with E-state index < -0.39 is 0 Å². The summed E-state index contributed by atoms with van der Waals surface area (Å²) in [5.41, 5.74) is 6.30. The molecule has 2 rings (SSSR count). The van der Waals surface area contributed by atoms with Crippen LogP contribution in [-0.4, -0.2) is 35.8 Å². The summed E-state index contributed by atoms with van der Waals surface area (Å²) in [6.45, 7) is 0.997. The second-order valence-corrected chi connectivity index (χ2v) is 3.77. The van der Waals surface area contributed by atoms with Gasteiger partial charge in [-0.15, -0.1) is 5.10 Å². The van der Waals surface area contributed by atoms with Crippen molar-refractivity contribution in [3.8, 4) is 17.2 Å². The number of nitrogens with zero attached hydrogens (tertiary/aromatic N) is 3. The van der Waals surface area contributed by atoms with Crippen LogP contribution in [0, 0.1) is 0 Å². The number of nitrogen functional groups attached to an aromatic ring is 1. The van der Waals surface area contributed by atoms with Crippen LogP contribution in [-0.2, 0) is 6.54 Å². The van der Waals surface area contributed by atoms with Gasteiger partial charge in [0.2, 0.25) is 5.75 Å². The lowest BCUT2D eigenvalue weighted by molar-refractivity contribution is 0.258. The van der Waals surface area contributed by atoms with Gasteiger partial charge in [-0.1, -0.05) is 5.21 Å². The molecule has 0 aliphatic carbocycles. The second kappa shape index (κ2) is 5.94. The van der Waals surface area contributed by atoms with Crippen LogP contribution in [0.2, 0.25) is 0 Å². The number of ether oxygens (including phenoxy) is 3. The van der Waals surface area contributed by atoms with Crippen molar-refractivity contribution in [3.63, 3.8) is 0 Å². The van der Waals surface area contributed by atoms with Gasteiger partial charge in [-0.3, -0.25) is 0 Å². The Hall–Kier alpha value is -2.44. The van der Waals surface area contributed by atoms with Gasteiger partial charge in [0.1, 0.15) is 6.61 Å². The lowest BCUT2D eigenvalue weighted by Gasteiger charge is -2.15. The molecule has 0 atom stereocenters.